The van der Waals surface area contributed by atoms with Gasteiger partial charge in [0, 0.05) is 5.75 Å². The van der Waals surface area contributed by atoms with Gasteiger partial charge in [-0.25, -0.2) is 0 Å². The summed E-state index contributed by atoms with van der Waals surface area (Å²) in [4.78, 5) is 0. The van der Waals surface area contributed by atoms with Gasteiger partial charge in [-0.05, 0) is 23.6 Å². The van der Waals surface area contributed by atoms with Crippen molar-refractivity contribution in [2.75, 3.05) is 5.75 Å². The summed E-state index contributed by atoms with van der Waals surface area (Å²) in [6, 6.07) is 18.9. The molecule has 0 unspecified atom stereocenters. The van der Waals surface area contributed by atoms with E-state index in [1.807, 2.05) is 17.7 Å². The number of thioether (sulfide) groups is 1. The van der Waals surface area contributed by atoms with Crippen molar-refractivity contribution in [3.8, 4) is 11.1 Å². The lowest BCUT2D eigenvalue weighted by Gasteiger charge is -2.13. The Bertz CT molecular complexity index is 841. The third-order valence-electron chi connectivity index (χ3n) is 3.65. The highest BCUT2D eigenvalue weighted by molar-refractivity contribution is 8.93. The molecule has 4 rings (SSSR count). The molecule has 6 heteroatoms. The van der Waals surface area contributed by atoms with E-state index in [-0.39, 0.29) is 17.0 Å². The minimum Gasteiger partial charge on any atom is -0.191 e. The number of hydrogen-bond acceptors (Lipinski definition) is 4. The summed E-state index contributed by atoms with van der Waals surface area (Å²) in [6.45, 7) is 1.92. The standard InChI is InChI=1S/C17H14N4S.BrH/c1-12-18-19-17-21(12)20-16(11-22-17)15-9-7-14(8-10-15)13-5-3-2-4-6-13;/h2-10H,11H2,1H3;1H. The van der Waals surface area contributed by atoms with Crippen molar-refractivity contribution in [2.45, 2.75) is 12.1 Å². The Morgan fingerprint density at radius 3 is 2.26 bits per heavy atom. The average Bonchev–Trinajstić information content (AvgIpc) is 2.96. The number of hydrogen-bond donors (Lipinski definition) is 0. The maximum absolute atomic E-state index is 4.67. The van der Waals surface area contributed by atoms with Crippen molar-refractivity contribution < 1.29 is 0 Å². The summed E-state index contributed by atoms with van der Waals surface area (Å²) < 4.78 is 1.81. The zero-order valence-electron chi connectivity index (χ0n) is 12.5. The van der Waals surface area contributed by atoms with E-state index in [0.29, 0.717) is 0 Å². The van der Waals surface area contributed by atoms with Gasteiger partial charge in [-0.2, -0.15) is 9.78 Å². The number of rotatable bonds is 2. The first-order valence-electron chi connectivity index (χ1n) is 7.10. The highest BCUT2D eigenvalue weighted by atomic mass is 79.9. The predicted octanol–water partition coefficient (Wildman–Crippen LogP) is 4.19. The first kappa shape index (κ1) is 16.0. The van der Waals surface area contributed by atoms with Crippen LogP contribution in [-0.2, 0) is 0 Å². The number of nitrogens with zero attached hydrogens (tertiary/aromatic N) is 4. The molecule has 0 radical (unpaired) electrons. The van der Waals surface area contributed by atoms with Gasteiger partial charge in [-0.3, -0.25) is 0 Å². The second-order valence-corrected chi connectivity index (χ2v) is 6.06. The second-order valence-electron chi connectivity index (χ2n) is 5.12. The Morgan fingerprint density at radius 1 is 0.870 bits per heavy atom. The maximum Gasteiger partial charge on any atom is 0.212 e. The van der Waals surface area contributed by atoms with Gasteiger partial charge >= 0.3 is 0 Å². The molecule has 0 atom stereocenters. The molecule has 2 aromatic carbocycles. The fourth-order valence-electron chi connectivity index (χ4n) is 2.45. The molecular formula is C17H15BrN4S. The molecule has 1 aliphatic rings. The van der Waals surface area contributed by atoms with Crippen LogP contribution in [0.1, 0.15) is 11.4 Å². The zero-order chi connectivity index (χ0) is 14.9. The quantitative estimate of drug-likeness (QED) is 0.662. The molecule has 0 N–H and O–H groups in total. The van der Waals surface area contributed by atoms with Crippen LogP contribution in [0.2, 0.25) is 0 Å². The largest absolute Gasteiger partial charge is 0.212 e. The molecule has 116 valence electrons. The maximum atomic E-state index is 4.67. The summed E-state index contributed by atoms with van der Waals surface area (Å²) in [5.74, 6) is 1.64. The highest BCUT2D eigenvalue weighted by Crippen LogP contribution is 2.25. The third-order valence-corrected chi connectivity index (χ3v) is 4.58. The molecule has 0 spiro atoms. The molecule has 4 nitrogen and oxygen atoms in total. The minimum absolute atomic E-state index is 0. The van der Waals surface area contributed by atoms with E-state index in [0.717, 1.165) is 28.0 Å². The van der Waals surface area contributed by atoms with Crippen molar-refractivity contribution >= 4 is 34.5 Å². The molecule has 0 aliphatic carbocycles. The SMILES string of the molecule is Br.Cc1nnc2n1N=C(c1ccc(-c3ccccc3)cc1)CS2. The Morgan fingerprint density at radius 2 is 1.52 bits per heavy atom. The number of halogens is 1. The van der Waals surface area contributed by atoms with E-state index in [4.69, 9.17) is 0 Å². The molecule has 0 amide bonds. The van der Waals surface area contributed by atoms with Crippen LogP contribution in [0.15, 0.2) is 64.9 Å². The molecule has 23 heavy (non-hydrogen) atoms. The lowest BCUT2D eigenvalue weighted by atomic mass is 10.0. The Labute approximate surface area is 149 Å². The number of aryl methyl sites for hydroxylation is 1. The third kappa shape index (κ3) is 3.09. The van der Waals surface area contributed by atoms with Crippen LogP contribution in [0.5, 0.6) is 0 Å². The van der Waals surface area contributed by atoms with E-state index < -0.39 is 0 Å². The Hall–Kier alpha value is -1.92. The monoisotopic (exact) mass is 386 g/mol. The molecule has 1 aromatic heterocycles. The van der Waals surface area contributed by atoms with Crippen molar-refractivity contribution in [3.63, 3.8) is 0 Å². The average molecular weight is 387 g/mol. The topological polar surface area (TPSA) is 43.1 Å². The smallest absolute Gasteiger partial charge is 0.191 e. The molecule has 0 saturated heterocycles. The molecule has 3 aromatic rings. The van der Waals surface area contributed by atoms with Gasteiger partial charge in [0.1, 0.15) is 0 Å². The van der Waals surface area contributed by atoms with Crippen molar-refractivity contribution in [1.82, 2.24) is 14.9 Å². The van der Waals surface area contributed by atoms with Gasteiger partial charge < -0.3 is 0 Å². The van der Waals surface area contributed by atoms with E-state index >= 15 is 0 Å². The Kier molecular flexibility index (Phi) is 4.63. The highest BCUT2D eigenvalue weighted by Gasteiger charge is 2.17. The molecular weight excluding hydrogens is 372 g/mol. The molecule has 0 fully saturated rings. The van der Waals surface area contributed by atoms with Gasteiger partial charge in [-0.15, -0.1) is 27.2 Å². The molecule has 0 saturated carbocycles. The molecule has 1 aliphatic heterocycles. The summed E-state index contributed by atoms with van der Waals surface area (Å²) >= 11 is 1.67. The summed E-state index contributed by atoms with van der Waals surface area (Å²) in [5.41, 5.74) is 4.64. The van der Waals surface area contributed by atoms with Crippen molar-refractivity contribution in [2.24, 2.45) is 5.10 Å². The fraction of sp³-hybridized carbons (Fsp3) is 0.118. The first-order valence-corrected chi connectivity index (χ1v) is 8.08. The van der Waals surface area contributed by atoms with E-state index in [1.54, 1.807) is 11.8 Å². The first-order chi connectivity index (χ1) is 10.8. The number of benzene rings is 2. The second kappa shape index (κ2) is 6.68. The number of fused-ring (bicyclic) bond motifs is 1. The van der Waals surface area contributed by atoms with Gasteiger partial charge in [-0.1, -0.05) is 66.4 Å². The zero-order valence-corrected chi connectivity index (χ0v) is 15.0. The van der Waals surface area contributed by atoms with Gasteiger partial charge in [0.15, 0.2) is 5.82 Å². The van der Waals surface area contributed by atoms with Crippen LogP contribution in [0.4, 0.5) is 0 Å². The van der Waals surface area contributed by atoms with Crippen LogP contribution in [0.3, 0.4) is 0 Å². The van der Waals surface area contributed by atoms with E-state index in [9.17, 15) is 0 Å². The summed E-state index contributed by atoms with van der Waals surface area (Å²) in [7, 11) is 0. The van der Waals surface area contributed by atoms with E-state index in [2.05, 4.69) is 63.8 Å². The van der Waals surface area contributed by atoms with Crippen LogP contribution < -0.4 is 0 Å². The Balaban J connectivity index is 0.00000156. The van der Waals surface area contributed by atoms with Crippen LogP contribution >= 0.6 is 28.7 Å². The molecule has 0 bridgehead atoms. The minimum atomic E-state index is 0. The van der Waals surface area contributed by atoms with Gasteiger partial charge in [0.05, 0.1) is 5.71 Å². The van der Waals surface area contributed by atoms with Crippen LogP contribution in [-0.4, -0.2) is 26.3 Å². The van der Waals surface area contributed by atoms with Crippen molar-refractivity contribution in [1.29, 1.82) is 0 Å². The van der Waals surface area contributed by atoms with E-state index in [1.165, 1.54) is 11.1 Å². The van der Waals surface area contributed by atoms with Gasteiger partial charge in [0.2, 0.25) is 5.16 Å². The lowest BCUT2D eigenvalue weighted by Crippen LogP contribution is -2.13. The molecule has 2 heterocycles. The van der Waals surface area contributed by atoms with Gasteiger partial charge in [0.25, 0.3) is 0 Å². The van der Waals surface area contributed by atoms with Crippen LogP contribution in [0.25, 0.3) is 11.1 Å². The summed E-state index contributed by atoms with van der Waals surface area (Å²) in [5, 5.41) is 13.7. The van der Waals surface area contributed by atoms with Crippen LogP contribution in [0, 0.1) is 6.92 Å². The predicted molar refractivity (Wildman–Crippen MR) is 99.6 cm³/mol. The lowest BCUT2D eigenvalue weighted by molar-refractivity contribution is 0.734. The number of aromatic nitrogens is 3. The van der Waals surface area contributed by atoms with Crippen molar-refractivity contribution in [3.05, 3.63) is 66.0 Å². The fourth-order valence-corrected chi connectivity index (χ4v) is 3.34. The normalized spacial score (nSPS) is 13.0. The summed E-state index contributed by atoms with van der Waals surface area (Å²) in [6.07, 6.45) is 0.